The molecule has 0 saturated carbocycles. The minimum absolute atomic E-state index is 0.0328. The quantitative estimate of drug-likeness (QED) is 0.368. The lowest BCUT2D eigenvalue weighted by Crippen LogP contribution is -2.49. The normalized spacial score (nSPS) is 13.7. The number of aliphatic carboxylic acids is 2. The predicted octanol–water partition coefficient (Wildman–Crippen LogP) is 1.42. The SMILES string of the molecule is COc1cccnc1N1CCN(C(=O)CCNS(=O)(=O)c2cn(C)c(C)n2)CC1.O=C(O)C(F)(F)F.O=C(O)C(F)(F)F. The van der Waals surface area contributed by atoms with Crippen LogP contribution in [0, 0.1) is 6.92 Å². The maximum absolute atomic E-state index is 12.5. The van der Waals surface area contributed by atoms with Gasteiger partial charge in [-0.05, 0) is 19.1 Å². The summed E-state index contributed by atoms with van der Waals surface area (Å²) >= 11 is 0. The van der Waals surface area contributed by atoms with E-state index >= 15 is 0 Å². The second kappa shape index (κ2) is 15.4. The van der Waals surface area contributed by atoms with Crippen LogP contribution in [0.1, 0.15) is 12.2 Å². The Kier molecular flexibility index (Phi) is 13.2. The minimum Gasteiger partial charge on any atom is -0.493 e. The highest BCUT2D eigenvalue weighted by atomic mass is 32.2. The lowest BCUT2D eigenvalue weighted by atomic mass is 10.2. The number of carboxylic acid groups (broad SMARTS) is 2. The number of anilines is 1. The fourth-order valence-electron chi connectivity index (χ4n) is 3.13. The largest absolute Gasteiger partial charge is 0.493 e. The molecule has 14 nitrogen and oxygen atoms in total. The summed E-state index contributed by atoms with van der Waals surface area (Å²) in [6, 6.07) is 3.67. The summed E-state index contributed by atoms with van der Waals surface area (Å²) in [6.07, 6.45) is -6.91. The van der Waals surface area contributed by atoms with Crippen molar-refractivity contribution in [2.75, 3.05) is 44.7 Å². The van der Waals surface area contributed by atoms with Crippen molar-refractivity contribution in [3.63, 3.8) is 0 Å². The maximum atomic E-state index is 12.5. The molecule has 0 aliphatic carbocycles. The van der Waals surface area contributed by atoms with E-state index in [2.05, 4.69) is 19.6 Å². The topological polar surface area (TPSA) is 184 Å². The minimum atomic E-state index is -5.08. The molecule has 2 aromatic rings. The molecule has 3 N–H and O–H groups in total. The Morgan fingerprint density at radius 1 is 1.02 bits per heavy atom. The highest BCUT2D eigenvalue weighted by Crippen LogP contribution is 2.25. The van der Waals surface area contributed by atoms with E-state index in [1.165, 1.54) is 6.20 Å². The number of carbonyl (C=O) groups excluding carboxylic acids is 1. The lowest BCUT2D eigenvalue weighted by Gasteiger charge is -2.35. The number of rotatable bonds is 7. The van der Waals surface area contributed by atoms with Gasteiger partial charge in [-0.3, -0.25) is 4.79 Å². The summed E-state index contributed by atoms with van der Waals surface area (Å²) in [6.45, 7) is 4.12. The first kappa shape index (κ1) is 36.9. The van der Waals surface area contributed by atoms with Gasteiger partial charge in [0, 0.05) is 58.6 Å². The van der Waals surface area contributed by atoms with E-state index in [1.807, 2.05) is 12.1 Å². The van der Waals surface area contributed by atoms with Gasteiger partial charge >= 0.3 is 24.3 Å². The number of hydrogen-bond acceptors (Lipinski definition) is 9. The third kappa shape index (κ3) is 11.9. The summed E-state index contributed by atoms with van der Waals surface area (Å²) in [5, 5.41) is 14.2. The predicted molar refractivity (Wildman–Crippen MR) is 135 cm³/mol. The van der Waals surface area contributed by atoms with E-state index in [9.17, 15) is 39.6 Å². The molecule has 43 heavy (non-hydrogen) atoms. The van der Waals surface area contributed by atoms with Crippen LogP contribution in [0.2, 0.25) is 0 Å². The average molecular weight is 651 g/mol. The number of methoxy groups -OCH3 is 1. The number of nitrogens with one attached hydrogen (secondary N) is 1. The van der Waals surface area contributed by atoms with Crippen LogP contribution in [-0.2, 0) is 31.5 Å². The summed E-state index contributed by atoms with van der Waals surface area (Å²) in [5.74, 6) is -3.53. The second-order valence-corrected chi connectivity index (χ2v) is 10.1. The Morgan fingerprint density at radius 3 is 1.95 bits per heavy atom. The summed E-state index contributed by atoms with van der Waals surface area (Å²) < 4.78 is 97.5. The number of alkyl halides is 6. The molecular weight excluding hydrogens is 622 g/mol. The molecule has 3 heterocycles. The third-order valence-corrected chi connectivity index (χ3v) is 6.71. The number of carbonyl (C=O) groups is 3. The lowest BCUT2D eigenvalue weighted by molar-refractivity contribution is -0.193. The molecule has 0 spiro atoms. The number of sulfonamides is 1. The zero-order valence-corrected chi connectivity index (χ0v) is 23.6. The monoisotopic (exact) mass is 650 g/mol. The molecular formula is C22H28F6N6O8S. The second-order valence-electron chi connectivity index (χ2n) is 8.39. The molecule has 21 heteroatoms. The first-order valence-electron chi connectivity index (χ1n) is 11.8. The Balaban J connectivity index is 0.000000548. The van der Waals surface area contributed by atoms with Crippen LogP contribution in [0.4, 0.5) is 32.2 Å². The average Bonchev–Trinajstić information content (AvgIpc) is 3.27. The van der Waals surface area contributed by atoms with Crippen molar-refractivity contribution in [3.8, 4) is 5.75 Å². The number of imidazole rings is 1. The number of hydrogen-bond donors (Lipinski definition) is 3. The molecule has 1 saturated heterocycles. The number of pyridine rings is 1. The summed E-state index contributed by atoms with van der Waals surface area (Å²) in [5.41, 5.74) is 0. The van der Waals surface area contributed by atoms with Crippen molar-refractivity contribution in [2.45, 2.75) is 30.7 Å². The molecule has 1 aliphatic rings. The van der Waals surface area contributed by atoms with E-state index in [0.717, 1.165) is 5.82 Å². The van der Waals surface area contributed by atoms with E-state index in [4.69, 9.17) is 24.5 Å². The van der Waals surface area contributed by atoms with E-state index in [-0.39, 0.29) is 23.9 Å². The molecule has 1 aliphatic heterocycles. The van der Waals surface area contributed by atoms with Gasteiger partial charge in [0.05, 0.1) is 7.11 Å². The zero-order valence-electron chi connectivity index (χ0n) is 22.8. The van der Waals surface area contributed by atoms with E-state index in [1.54, 1.807) is 36.7 Å². The van der Waals surface area contributed by atoms with Crippen LogP contribution < -0.4 is 14.4 Å². The smallest absolute Gasteiger partial charge is 0.490 e. The van der Waals surface area contributed by atoms with Crippen molar-refractivity contribution in [1.29, 1.82) is 0 Å². The van der Waals surface area contributed by atoms with Gasteiger partial charge in [0.25, 0.3) is 10.0 Å². The number of aromatic nitrogens is 3. The van der Waals surface area contributed by atoms with Gasteiger partial charge in [-0.1, -0.05) is 0 Å². The molecule has 1 fully saturated rings. The van der Waals surface area contributed by atoms with Crippen LogP contribution in [-0.4, -0.2) is 108 Å². The Labute approximate surface area is 240 Å². The van der Waals surface area contributed by atoms with Gasteiger partial charge in [-0.2, -0.15) is 26.3 Å². The van der Waals surface area contributed by atoms with Crippen LogP contribution in [0.25, 0.3) is 0 Å². The third-order valence-electron chi connectivity index (χ3n) is 5.38. The molecule has 0 unspecified atom stereocenters. The number of nitrogens with zero attached hydrogens (tertiary/aromatic N) is 5. The van der Waals surface area contributed by atoms with Crippen molar-refractivity contribution in [2.24, 2.45) is 7.05 Å². The number of carboxylic acids is 2. The Bertz CT molecular complexity index is 1320. The maximum Gasteiger partial charge on any atom is 0.490 e. The number of halogens is 6. The van der Waals surface area contributed by atoms with Gasteiger partial charge < -0.3 is 29.3 Å². The van der Waals surface area contributed by atoms with Crippen molar-refractivity contribution < 1.29 is 64.1 Å². The number of amides is 1. The van der Waals surface area contributed by atoms with Gasteiger partial charge in [0.1, 0.15) is 5.82 Å². The van der Waals surface area contributed by atoms with Gasteiger partial charge in [0.2, 0.25) is 5.91 Å². The van der Waals surface area contributed by atoms with Gasteiger partial charge in [-0.25, -0.2) is 32.7 Å². The van der Waals surface area contributed by atoms with Gasteiger partial charge in [-0.15, -0.1) is 0 Å². The molecule has 242 valence electrons. The van der Waals surface area contributed by atoms with Crippen LogP contribution in [0.15, 0.2) is 29.6 Å². The fourth-order valence-corrected chi connectivity index (χ4v) is 4.19. The number of piperazine rings is 1. The zero-order chi connectivity index (χ0) is 33.2. The van der Waals surface area contributed by atoms with Crippen molar-refractivity contribution in [3.05, 3.63) is 30.4 Å². The highest BCUT2D eigenvalue weighted by molar-refractivity contribution is 7.89. The summed E-state index contributed by atoms with van der Waals surface area (Å²) in [4.78, 5) is 42.5. The van der Waals surface area contributed by atoms with Crippen LogP contribution >= 0.6 is 0 Å². The number of aryl methyl sites for hydroxylation is 2. The number of ether oxygens (including phenoxy) is 1. The molecule has 2 aromatic heterocycles. The first-order valence-corrected chi connectivity index (χ1v) is 13.3. The van der Waals surface area contributed by atoms with Crippen molar-refractivity contribution >= 4 is 33.7 Å². The molecule has 0 atom stereocenters. The fraction of sp³-hybridized carbons (Fsp3) is 0.500. The molecule has 1 amide bonds. The molecule has 0 radical (unpaired) electrons. The Hall–Kier alpha value is -4.14. The molecule has 0 aromatic carbocycles. The van der Waals surface area contributed by atoms with E-state index < -0.39 is 34.3 Å². The van der Waals surface area contributed by atoms with E-state index in [0.29, 0.717) is 37.8 Å². The summed E-state index contributed by atoms with van der Waals surface area (Å²) in [7, 11) is -0.392. The molecule has 0 bridgehead atoms. The Morgan fingerprint density at radius 2 is 1.53 bits per heavy atom. The van der Waals surface area contributed by atoms with Crippen LogP contribution in [0.5, 0.6) is 5.75 Å². The highest BCUT2D eigenvalue weighted by Gasteiger charge is 2.39. The first-order chi connectivity index (χ1) is 19.7. The van der Waals surface area contributed by atoms with Gasteiger partial charge in [0.15, 0.2) is 16.6 Å². The standard InChI is InChI=1S/C18H26N6O4S.2C2HF3O2/c1-14-21-16(13-22(14)2)29(26,27)20-8-6-17(25)23-9-11-24(12-10-23)18-15(28-3)5-4-7-19-18;2*3-2(4,5)1(6)7/h4-5,7,13,20H,6,8-12H2,1-3H3;2*(H,6,7). The van der Waals surface area contributed by atoms with Crippen molar-refractivity contribution in [1.82, 2.24) is 24.2 Å². The van der Waals surface area contributed by atoms with Crippen LogP contribution in [0.3, 0.4) is 0 Å². The molecule has 3 rings (SSSR count).